The highest BCUT2D eigenvalue weighted by molar-refractivity contribution is 6.35. The SMILES string of the molecule is CCN(C(=O)Nc1cc(Cl)cc(Cl)c1)C1CCC(N)CC1. The number of amides is 2. The monoisotopic (exact) mass is 329 g/mol. The standard InChI is InChI=1S/C15H21Cl2N3O/c1-2-20(14-5-3-12(18)4-6-14)15(21)19-13-8-10(16)7-11(17)9-13/h7-9,12,14H,2-6,18H2,1H3,(H,19,21). The van der Waals surface area contributed by atoms with Gasteiger partial charge in [-0.1, -0.05) is 23.2 Å². The van der Waals surface area contributed by atoms with Crippen molar-refractivity contribution < 1.29 is 4.79 Å². The van der Waals surface area contributed by atoms with E-state index in [-0.39, 0.29) is 18.1 Å². The maximum Gasteiger partial charge on any atom is 0.322 e. The number of urea groups is 1. The first-order chi connectivity index (χ1) is 9.99. The van der Waals surface area contributed by atoms with Crippen LogP contribution in [0.1, 0.15) is 32.6 Å². The molecule has 1 aliphatic rings. The summed E-state index contributed by atoms with van der Waals surface area (Å²) in [6, 6.07) is 5.43. The van der Waals surface area contributed by atoms with Gasteiger partial charge in [-0.15, -0.1) is 0 Å². The van der Waals surface area contributed by atoms with Crippen LogP contribution in [0.25, 0.3) is 0 Å². The Bertz CT molecular complexity index is 481. The molecule has 6 heteroatoms. The van der Waals surface area contributed by atoms with E-state index < -0.39 is 0 Å². The highest BCUT2D eigenvalue weighted by Crippen LogP contribution is 2.25. The van der Waals surface area contributed by atoms with E-state index in [1.165, 1.54) is 0 Å². The van der Waals surface area contributed by atoms with Crippen LogP contribution in [0.4, 0.5) is 10.5 Å². The van der Waals surface area contributed by atoms with Crippen molar-refractivity contribution in [3.8, 4) is 0 Å². The molecule has 4 nitrogen and oxygen atoms in total. The fourth-order valence-corrected chi connectivity index (χ4v) is 3.33. The first kappa shape index (κ1) is 16.4. The van der Waals surface area contributed by atoms with E-state index in [2.05, 4.69) is 5.32 Å². The Morgan fingerprint density at radius 1 is 1.24 bits per heavy atom. The zero-order valence-electron chi connectivity index (χ0n) is 12.1. The minimum atomic E-state index is -0.115. The second-order valence-electron chi connectivity index (χ2n) is 5.44. The van der Waals surface area contributed by atoms with Crippen LogP contribution in [0, 0.1) is 0 Å². The van der Waals surface area contributed by atoms with Gasteiger partial charge in [-0.2, -0.15) is 0 Å². The Morgan fingerprint density at radius 3 is 2.33 bits per heavy atom. The molecule has 0 atom stereocenters. The predicted molar refractivity (Wildman–Crippen MR) is 88.1 cm³/mol. The topological polar surface area (TPSA) is 58.4 Å². The molecule has 0 radical (unpaired) electrons. The van der Waals surface area contributed by atoms with Gasteiger partial charge in [0.1, 0.15) is 0 Å². The van der Waals surface area contributed by atoms with E-state index in [1.54, 1.807) is 18.2 Å². The van der Waals surface area contributed by atoms with Crippen LogP contribution >= 0.6 is 23.2 Å². The summed E-state index contributed by atoms with van der Waals surface area (Å²) in [5, 5.41) is 3.88. The molecule has 0 heterocycles. The summed E-state index contributed by atoms with van der Waals surface area (Å²) >= 11 is 11.9. The van der Waals surface area contributed by atoms with Crippen LogP contribution in [-0.2, 0) is 0 Å². The fourth-order valence-electron chi connectivity index (χ4n) is 2.80. The molecule has 0 aromatic heterocycles. The molecule has 0 bridgehead atoms. The van der Waals surface area contributed by atoms with E-state index in [4.69, 9.17) is 28.9 Å². The zero-order valence-corrected chi connectivity index (χ0v) is 13.6. The third-order valence-corrected chi connectivity index (χ3v) is 4.33. The molecule has 1 fully saturated rings. The normalized spacial score (nSPS) is 21.9. The lowest BCUT2D eigenvalue weighted by molar-refractivity contribution is 0.167. The maximum atomic E-state index is 12.4. The highest BCUT2D eigenvalue weighted by atomic mass is 35.5. The number of nitrogens with zero attached hydrogens (tertiary/aromatic N) is 1. The molecule has 0 aliphatic heterocycles. The van der Waals surface area contributed by atoms with Crippen molar-refractivity contribution in [2.24, 2.45) is 5.73 Å². The Labute approximate surface area is 135 Å². The van der Waals surface area contributed by atoms with Crippen LogP contribution in [0.5, 0.6) is 0 Å². The number of anilines is 1. The molecule has 0 spiro atoms. The van der Waals surface area contributed by atoms with Crippen LogP contribution < -0.4 is 11.1 Å². The van der Waals surface area contributed by atoms with Gasteiger partial charge in [-0.3, -0.25) is 0 Å². The second-order valence-corrected chi connectivity index (χ2v) is 6.32. The van der Waals surface area contributed by atoms with Crippen molar-refractivity contribution in [3.05, 3.63) is 28.2 Å². The van der Waals surface area contributed by atoms with E-state index in [0.29, 0.717) is 22.3 Å². The molecule has 1 aliphatic carbocycles. The molecule has 0 saturated heterocycles. The Morgan fingerprint density at radius 2 is 1.81 bits per heavy atom. The lowest BCUT2D eigenvalue weighted by atomic mass is 9.91. The van der Waals surface area contributed by atoms with Crippen molar-refractivity contribution in [2.75, 3.05) is 11.9 Å². The number of benzene rings is 1. The lowest BCUT2D eigenvalue weighted by Crippen LogP contribution is -2.46. The number of hydrogen-bond acceptors (Lipinski definition) is 2. The third kappa shape index (κ3) is 4.50. The van der Waals surface area contributed by atoms with E-state index >= 15 is 0 Å². The Balaban J connectivity index is 2.02. The average Bonchev–Trinajstić information content (AvgIpc) is 2.40. The van der Waals surface area contributed by atoms with E-state index in [9.17, 15) is 4.79 Å². The number of hydrogen-bond donors (Lipinski definition) is 2. The molecular formula is C15H21Cl2N3O. The minimum absolute atomic E-state index is 0.115. The number of rotatable bonds is 3. The summed E-state index contributed by atoms with van der Waals surface area (Å²) in [6.07, 6.45) is 3.85. The maximum absolute atomic E-state index is 12.4. The third-order valence-electron chi connectivity index (χ3n) is 3.90. The molecule has 1 aromatic carbocycles. The summed E-state index contributed by atoms with van der Waals surface area (Å²) in [6.45, 7) is 2.65. The van der Waals surface area contributed by atoms with Crippen LogP contribution in [0.15, 0.2) is 18.2 Å². The molecule has 1 saturated carbocycles. The van der Waals surface area contributed by atoms with Crippen LogP contribution in [0.2, 0.25) is 10.0 Å². The summed E-state index contributed by atoms with van der Waals surface area (Å²) in [5.41, 5.74) is 6.54. The molecule has 0 unspecified atom stereocenters. The largest absolute Gasteiger partial charge is 0.328 e. The van der Waals surface area contributed by atoms with Crippen molar-refractivity contribution in [2.45, 2.75) is 44.7 Å². The quantitative estimate of drug-likeness (QED) is 0.876. The number of halogens is 2. The molecule has 3 N–H and O–H groups in total. The molecule has 21 heavy (non-hydrogen) atoms. The number of nitrogens with two attached hydrogens (primary N) is 1. The molecule has 2 amide bonds. The molecule has 1 aromatic rings. The zero-order chi connectivity index (χ0) is 15.4. The minimum Gasteiger partial charge on any atom is -0.328 e. The lowest BCUT2D eigenvalue weighted by Gasteiger charge is -2.35. The first-order valence-corrected chi connectivity index (χ1v) is 8.04. The smallest absolute Gasteiger partial charge is 0.322 e. The van der Waals surface area contributed by atoms with Crippen LogP contribution in [-0.4, -0.2) is 29.6 Å². The van der Waals surface area contributed by atoms with E-state index in [1.807, 2.05) is 11.8 Å². The van der Waals surface area contributed by atoms with Crippen molar-refractivity contribution in [3.63, 3.8) is 0 Å². The highest BCUT2D eigenvalue weighted by Gasteiger charge is 2.26. The van der Waals surface area contributed by atoms with Gasteiger partial charge in [0, 0.05) is 34.4 Å². The second kappa shape index (κ2) is 7.34. The average molecular weight is 330 g/mol. The van der Waals surface area contributed by atoms with Gasteiger partial charge in [0.25, 0.3) is 0 Å². The number of carbonyl (C=O) groups excluding carboxylic acids is 1. The van der Waals surface area contributed by atoms with Gasteiger partial charge >= 0.3 is 6.03 Å². The summed E-state index contributed by atoms with van der Waals surface area (Å²) in [4.78, 5) is 14.3. The van der Waals surface area contributed by atoms with Crippen molar-refractivity contribution in [1.29, 1.82) is 0 Å². The first-order valence-electron chi connectivity index (χ1n) is 7.29. The number of nitrogens with one attached hydrogen (secondary N) is 1. The van der Waals surface area contributed by atoms with Crippen LogP contribution in [0.3, 0.4) is 0 Å². The molecule has 116 valence electrons. The summed E-state index contributed by atoms with van der Waals surface area (Å²) in [7, 11) is 0. The van der Waals surface area contributed by atoms with Gasteiger partial charge in [0.05, 0.1) is 0 Å². The Kier molecular flexibility index (Phi) is 5.73. The molecule has 2 rings (SSSR count). The van der Waals surface area contributed by atoms with Gasteiger partial charge in [-0.25, -0.2) is 4.79 Å². The molecular weight excluding hydrogens is 309 g/mol. The van der Waals surface area contributed by atoms with Gasteiger partial charge in [0.15, 0.2) is 0 Å². The van der Waals surface area contributed by atoms with Gasteiger partial charge < -0.3 is 16.0 Å². The van der Waals surface area contributed by atoms with Gasteiger partial charge in [0.2, 0.25) is 0 Å². The summed E-state index contributed by atoms with van der Waals surface area (Å²) in [5.74, 6) is 0. The summed E-state index contributed by atoms with van der Waals surface area (Å²) < 4.78 is 0. The van der Waals surface area contributed by atoms with Crippen molar-refractivity contribution >= 4 is 34.9 Å². The predicted octanol–water partition coefficient (Wildman–Crippen LogP) is 4.12. The fraction of sp³-hybridized carbons (Fsp3) is 0.533. The van der Waals surface area contributed by atoms with Gasteiger partial charge in [-0.05, 0) is 50.8 Å². The van der Waals surface area contributed by atoms with Crippen molar-refractivity contribution in [1.82, 2.24) is 4.90 Å². The van der Waals surface area contributed by atoms with E-state index in [0.717, 1.165) is 25.7 Å². The Hall–Kier alpha value is -0.970. The number of carbonyl (C=O) groups is 1.